The largest absolute Gasteiger partial charge is 0.339 e. The molecule has 1 aliphatic rings. The molecule has 1 aromatic carbocycles. The van der Waals surface area contributed by atoms with Crippen molar-refractivity contribution in [3.8, 4) is 0 Å². The fraction of sp³-hybridized carbons (Fsp3) is 0.529. The molecule has 1 fully saturated rings. The predicted octanol–water partition coefficient (Wildman–Crippen LogP) is 1.01. The fourth-order valence-corrected chi connectivity index (χ4v) is 2.70. The summed E-state index contributed by atoms with van der Waals surface area (Å²) in [5, 5.41) is 6.15. The molecule has 2 N–H and O–H groups in total. The standard InChI is InChI=1S/C17H26N4O2/c1-3-21(4-2)17(23)14-6-5-7-15(12-14)19-16(22)13-20-10-8-18-9-11-20/h5-7,12,18H,3-4,8-11,13H2,1-2H3,(H,19,22). The zero-order chi connectivity index (χ0) is 16.7. The van der Waals surface area contributed by atoms with E-state index in [4.69, 9.17) is 0 Å². The zero-order valence-electron chi connectivity index (χ0n) is 14.0. The minimum Gasteiger partial charge on any atom is -0.339 e. The molecule has 6 heteroatoms. The third kappa shape index (κ3) is 5.04. The molecule has 0 aliphatic carbocycles. The number of hydrogen-bond acceptors (Lipinski definition) is 4. The summed E-state index contributed by atoms with van der Waals surface area (Å²) in [4.78, 5) is 28.4. The number of rotatable bonds is 6. The Kier molecular flexibility index (Phi) is 6.55. The first-order valence-corrected chi connectivity index (χ1v) is 8.26. The number of hydrogen-bond donors (Lipinski definition) is 2. The van der Waals surface area contributed by atoms with E-state index in [1.54, 1.807) is 23.1 Å². The Morgan fingerprint density at radius 1 is 1.22 bits per heavy atom. The maximum Gasteiger partial charge on any atom is 0.253 e. The SMILES string of the molecule is CCN(CC)C(=O)c1cccc(NC(=O)CN2CCNCC2)c1. The van der Waals surface area contributed by atoms with E-state index in [2.05, 4.69) is 15.5 Å². The summed E-state index contributed by atoms with van der Waals surface area (Å²) in [7, 11) is 0. The molecule has 0 bridgehead atoms. The van der Waals surface area contributed by atoms with Gasteiger partial charge in [0.1, 0.15) is 0 Å². The second kappa shape index (κ2) is 8.64. The second-order valence-corrected chi connectivity index (χ2v) is 5.63. The van der Waals surface area contributed by atoms with Crippen LogP contribution in [0.3, 0.4) is 0 Å². The second-order valence-electron chi connectivity index (χ2n) is 5.63. The van der Waals surface area contributed by atoms with E-state index in [9.17, 15) is 9.59 Å². The summed E-state index contributed by atoms with van der Waals surface area (Å²) in [5.74, 6) is -0.0486. The highest BCUT2D eigenvalue weighted by molar-refractivity contribution is 5.97. The van der Waals surface area contributed by atoms with Gasteiger partial charge in [0.15, 0.2) is 0 Å². The van der Waals surface area contributed by atoms with Crippen molar-refractivity contribution in [1.29, 1.82) is 0 Å². The van der Waals surface area contributed by atoms with Gasteiger partial charge in [-0.2, -0.15) is 0 Å². The molecule has 0 unspecified atom stereocenters. The number of benzene rings is 1. The molecule has 23 heavy (non-hydrogen) atoms. The van der Waals surface area contributed by atoms with E-state index in [1.807, 2.05) is 19.9 Å². The van der Waals surface area contributed by atoms with Crippen LogP contribution in [0.25, 0.3) is 0 Å². The maximum atomic E-state index is 12.4. The van der Waals surface area contributed by atoms with Gasteiger partial charge in [-0.25, -0.2) is 0 Å². The number of carbonyl (C=O) groups is 2. The van der Waals surface area contributed by atoms with Crippen LogP contribution in [0, 0.1) is 0 Å². The van der Waals surface area contributed by atoms with Crippen LogP contribution in [0.5, 0.6) is 0 Å². The van der Waals surface area contributed by atoms with Gasteiger partial charge in [-0.1, -0.05) is 6.07 Å². The summed E-state index contributed by atoms with van der Waals surface area (Å²) in [6.45, 7) is 9.25. The third-order valence-electron chi connectivity index (χ3n) is 4.02. The first-order valence-electron chi connectivity index (χ1n) is 8.26. The van der Waals surface area contributed by atoms with Crippen LogP contribution in [0.1, 0.15) is 24.2 Å². The lowest BCUT2D eigenvalue weighted by Gasteiger charge is -2.26. The van der Waals surface area contributed by atoms with Crippen LogP contribution >= 0.6 is 0 Å². The minimum atomic E-state index is -0.0423. The lowest BCUT2D eigenvalue weighted by Crippen LogP contribution is -2.46. The highest BCUT2D eigenvalue weighted by Crippen LogP contribution is 2.13. The quantitative estimate of drug-likeness (QED) is 0.822. The Balaban J connectivity index is 1.96. The Labute approximate surface area is 137 Å². The van der Waals surface area contributed by atoms with Crippen molar-refractivity contribution in [2.45, 2.75) is 13.8 Å². The van der Waals surface area contributed by atoms with E-state index in [0.717, 1.165) is 26.2 Å². The normalized spacial score (nSPS) is 15.2. The Morgan fingerprint density at radius 3 is 2.57 bits per heavy atom. The van der Waals surface area contributed by atoms with Gasteiger partial charge in [0.05, 0.1) is 6.54 Å². The van der Waals surface area contributed by atoms with Gasteiger partial charge in [-0.15, -0.1) is 0 Å². The average molecular weight is 318 g/mol. The maximum absolute atomic E-state index is 12.4. The van der Waals surface area contributed by atoms with Crippen molar-refractivity contribution in [1.82, 2.24) is 15.1 Å². The Bertz CT molecular complexity index is 537. The lowest BCUT2D eigenvalue weighted by atomic mass is 10.1. The van der Waals surface area contributed by atoms with E-state index in [1.165, 1.54) is 0 Å². The number of nitrogens with one attached hydrogen (secondary N) is 2. The molecule has 126 valence electrons. The number of piperazine rings is 1. The summed E-state index contributed by atoms with van der Waals surface area (Å²) in [5.41, 5.74) is 1.27. The van der Waals surface area contributed by atoms with Crippen LogP contribution in [0.2, 0.25) is 0 Å². The van der Waals surface area contributed by atoms with Crippen LogP contribution < -0.4 is 10.6 Å². The van der Waals surface area contributed by atoms with Gasteiger partial charge in [-0.05, 0) is 32.0 Å². The zero-order valence-corrected chi connectivity index (χ0v) is 14.0. The number of anilines is 1. The monoisotopic (exact) mass is 318 g/mol. The number of carbonyl (C=O) groups excluding carboxylic acids is 2. The van der Waals surface area contributed by atoms with Crippen molar-refractivity contribution in [2.75, 3.05) is 51.1 Å². The van der Waals surface area contributed by atoms with Crippen LogP contribution in [0.4, 0.5) is 5.69 Å². The van der Waals surface area contributed by atoms with Gasteiger partial charge < -0.3 is 15.5 Å². The van der Waals surface area contributed by atoms with Crippen LogP contribution in [-0.4, -0.2) is 67.4 Å². The summed E-state index contributed by atoms with van der Waals surface area (Å²) in [6, 6.07) is 7.15. The molecule has 0 spiro atoms. The molecular formula is C17H26N4O2. The molecule has 2 amide bonds. The molecule has 1 saturated heterocycles. The van der Waals surface area contributed by atoms with E-state index in [0.29, 0.717) is 30.9 Å². The minimum absolute atomic E-state index is 0.00629. The molecule has 1 heterocycles. The fourth-order valence-electron chi connectivity index (χ4n) is 2.70. The average Bonchev–Trinajstić information content (AvgIpc) is 2.57. The van der Waals surface area contributed by atoms with Crippen molar-refractivity contribution in [3.05, 3.63) is 29.8 Å². The molecule has 0 radical (unpaired) electrons. The van der Waals surface area contributed by atoms with Crippen LogP contribution in [-0.2, 0) is 4.79 Å². The molecule has 0 aromatic heterocycles. The Hall–Kier alpha value is -1.92. The predicted molar refractivity (Wildman–Crippen MR) is 91.6 cm³/mol. The smallest absolute Gasteiger partial charge is 0.253 e. The topological polar surface area (TPSA) is 64.7 Å². The van der Waals surface area contributed by atoms with E-state index >= 15 is 0 Å². The lowest BCUT2D eigenvalue weighted by molar-refractivity contribution is -0.117. The van der Waals surface area contributed by atoms with Crippen molar-refractivity contribution >= 4 is 17.5 Å². The third-order valence-corrected chi connectivity index (χ3v) is 4.02. The molecule has 0 saturated carbocycles. The first-order chi connectivity index (χ1) is 11.1. The number of amides is 2. The molecule has 0 atom stereocenters. The molecule has 2 rings (SSSR count). The van der Waals surface area contributed by atoms with Gasteiger partial charge in [0, 0.05) is 50.5 Å². The molecule has 1 aromatic rings. The summed E-state index contributed by atoms with van der Waals surface area (Å²) >= 11 is 0. The van der Waals surface area contributed by atoms with Gasteiger partial charge in [-0.3, -0.25) is 14.5 Å². The summed E-state index contributed by atoms with van der Waals surface area (Å²) < 4.78 is 0. The van der Waals surface area contributed by atoms with E-state index < -0.39 is 0 Å². The first kappa shape index (κ1) is 17.4. The van der Waals surface area contributed by atoms with E-state index in [-0.39, 0.29) is 11.8 Å². The Morgan fingerprint density at radius 2 is 1.91 bits per heavy atom. The number of nitrogens with zero attached hydrogens (tertiary/aromatic N) is 2. The summed E-state index contributed by atoms with van der Waals surface area (Å²) in [6.07, 6.45) is 0. The van der Waals surface area contributed by atoms with Crippen molar-refractivity contribution in [3.63, 3.8) is 0 Å². The van der Waals surface area contributed by atoms with Crippen molar-refractivity contribution < 1.29 is 9.59 Å². The highest BCUT2D eigenvalue weighted by Gasteiger charge is 2.15. The van der Waals surface area contributed by atoms with Gasteiger partial charge >= 0.3 is 0 Å². The molecular weight excluding hydrogens is 292 g/mol. The van der Waals surface area contributed by atoms with Gasteiger partial charge in [0.2, 0.25) is 5.91 Å². The van der Waals surface area contributed by atoms with Crippen molar-refractivity contribution in [2.24, 2.45) is 0 Å². The molecule has 6 nitrogen and oxygen atoms in total. The molecule has 1 aliphatic heterocycles. The van der Waals surface area contributed by atoms with Gasteiger partial charge in [0.25, 0.3) is 5.91 Å². The highest BCUT2D eigenvalue weighted by atomic mass is 16.2. The van der Waals surface area contributed by atoms with Crippen LogP contribution in [0.15, 0.2) is 24.3 Å².